The quantitative estimate of drug-likeness (QED) is 0.674. The maximum Gasteiger partial charge on any atom is 0.315 e. The number of nitrogens with one attached hydrogen (secondary N) is 1. The minimum absolute atomic E-state index is 0. The Kier molecular flexibility index (Phi) is 6.59. The molecule has 0 aromatic heterocycles. The molecule has 2 aromatic carbocycles. The van der Waals surface area contributed by atoms with Gasteiger partial charge < -0.3 is 10.1 Å². The lowest BCUT2D eigenvalue weighted by atomic mass is 9.88. The molecule has 2 unspecified atom stereocenters. The number of hydrogen-bond acceptors (Lipinski definition) is 3. The summed E-state index contributed by atoms with van der Waals surface area (Å²) in [4.78, 5) is 12.3. The number of ether oxygens (including phenoxy) is 1. The van der Waals surface area contributed by atoms with Crippen molar-refractivity contribution in [1.82, 2.24) is 5.32 Å². The summed E-state index contributed by atoms with van der Waals surface area (Å²) in [5.74, 6) is -0.525. The molecule has 1 aliphatic rings. The van der Waals surface area contributed by atoms with Crippen LogP contribution in [0.2, 0.25) is 0 Å². The number of esters is 1. The lowest BCUT2D eigenvalue weighted by Crippen LogP contribution is -2.39. The molecular formula is C20H22ClNO2. The van der Waals surface area contributed by atoms with E-state index in [-0.39, 0.29) is 30.3 Å². The van der Waals surface area contributed by atoms with Crippen molar-refractivity contribution >= 4 is 18.4 Å². The first-order valence-electron chi connectivity index (χ1n) is 7.93. The molecule has 0 fully saturated rings. The fourth-order valence-corrected chi connectivity index (χ4v) is 3.00. The van der Waals surface area contributed by atoms with Gasteiger partial charge in [-0.05, 0) is 29.7 Å². The molecule has 1 N–H and O–H groups in total. The second-order valence-electron chi connectivity index (χ2n) is 5.69. The van der Waals surface area contributed by atoms with Crippen LogP contribution in [0.15, 0.2) is 66.7 Å². The van der Waals surface area contributed by atoms with Crippen molar-refractivity contribution < 1.29 is 9.53 Å². The molecule has 3 nitrogen and oxygen atoms in total. The van der Waals surface area contributed by atoms with E-state index < -0.39 is 0 Å². The fraction of sp³-hybridized carbons (Fsp3) is 0.250. The summed E-state index contributed by atoms with van der Waals surface area (Å²) in [6.45, 7) is 0.886. The molecule has 0 saturated heterocycles. The van der Waals surface area contributed by atoms with Gasteiger partial charge in [-0.2, -0.15) is 0 Å². The first-order chi connectivity index (χ1) is 11.3. The maximum atomic E-state index is 12.3. The first-order valence-corrected chi connectivity index (χ1v) is 7.93. The molecule has 0 amide bonds. The van der Waals surface area contributed by atoms with Crippen molar-refractivity contribution in [3.8, 4) is 11.1 Å². The van der Waals surface area contributed by atoms with Crippen LogP contribution in [0, 0.1) is 0 Å². The van der Waals surface area contributed by atoms with Crippen molar-refractivity contribution in [2.75, 3.05) is 13.7 Å². The van der Waals surface area contributed by atoms with Crippen molar-refractivity contribution in [1.29, 1.82) is 0 Å². The molecule has 0 saturated carbocycles. The van der Waals surface area contributed by atoms with Crippen molar-refractivity contribution in [3.05, 3.63) is 72.3 Å². The molecular weight excluding hydrogens is 322 g/mol. The average molecular weight is 344 g/mol. The molecule has 1 heterocycles. The molecule has 0 radical (unpaired) electrons. The summed E-state index contributed by atoms with van der Waals surface area (Å²) in [5.41, 5.74) is 3.29. The van der Waals surface area contributed by atoms with Crippen molar-refractivity contribution in [3.63, 3.8) is 0 Å². The van der Waals surface area contributed by atoms with Gasteiger partial charge in [0.1, 0.15) is 5.92 Å². The fourth-order valence-electron chi connectivity index (χ4n) is 3.00. The van der Waals surface area contributed by atoms with Crippen LogP contribution in [-0.2, 0) is 9.53 Å². The highest BCUT2D eigenvalue weighted by atomic mass is 35.5. The van der Waals surface area contributed by atoms with Crippen LogP contribution < -0.4 is 5.32 Å². The van der Waals surface area contributed by atoms with E-state index in [1.165, 1.54) is 12.7 Å². The molecule has 24 heavy (non-hydrogen) atoms. The van der Waals surface area contributed by atoms with Crippen LogP contribution in [0.5, 0.6) is 0 Å². The summed E-state index contributed by atoms with van der Waals surface area (Å²) in [5, 5.41) is 3.39. The SMILES string of the molecule is COC(=O)C(c1ccc(-c2ccccc2)cc1)C1C=CCCN1.Cl. The molecule has 2 aromatic rings. The van der Waals surface area contributed by atoms with Crippen LogP contribution in [0.4, 0.5) is 0 Å². The summed E-state index contributed by atoms with van der Waals surface area (Å²) in [6, 6.07) is 18.4. The number of halogens is 1. The lowest BCUT2D eigenvalue weighted by molar-refractivity contribution is -0.142. The van der Waals surface area contributed by atoms with E-state index in [1.807, 2.05) is 30.3 Å². The van der Waals surface area contributed by atoms with Gasteiger partial charge in [0.05, 0.1) is 7.11 Å². The molecule has 4 heteroatoms. The minimum Gasteiger partial charge on any atom is -0.468 e. The minimum atomic E-state index is -0.318. The molecule has 0 aliphatic carbocycles. The van der Waals surface area contributed by atoms with E-state index in [1.54, 1.807) is 0 Å². The van der Waals surface area contributed by atoms with E-state index in [0.29, 0.717) is 0 Å². The monoisotopic (exact) mass is 343 g/mol. The van der Waals surface area contributed by atoms with Gasteiger partial charge in [-0.25, -0.2) is 0 Å². The lowest BCUT2D eigenvalue weighted by Gasteiger charge is -2.26. The number of carbonyl (C=O) groups excluding carboxylic acids is 1. The number of methoxy groups -OCH3 is 1. The third-order valence-electron chi connectivity index (χ3n) is 4.23. The zero-order chi connectivity index (χ0) is 16.1. The Hall–Kier alpha value is -2.10. The van der Waals surface area contributed by atoms with Crippen LogP contribution in [0.3, 0.4) is 0 Å². The van der Waals surface area contributed by atoms with Crippen LogP contribution in [0.1, 0.15) is 17.9 Å². The number of carbonyl (C=O) groups is 1. The molecule has 0 spiro atoms. The second-order valence-corrected chi connectivity index (χ2v) is 5.69. The zero-order valence-corrected chi connectivity index (χ0v) is 14.5. The van der Waals surface area contributed by atoms with Gasteiger partial charge in [-0.15, -0.1) is 12.4 Å². The number of benzene rings is 2. The standard InChI is InChI=1S/C20H21NO2.ClH/c1-23-20(22)19(18-9-5-6-14-21-18)17-12-10-16(11-13-17)15-7-3-2-4-8-15;/h2-5,7-13,18-19,21H,6,14H2,1H3;1H. The number of rotatable bonds is 4. The highest BCUT2D eigenvalue weighted by molar-refractivity contribution is 5.85. The van der Waals surface area contributed by atoms with Crippen LogP contribution in [-0.4, -0.2) is 25.7 Å². The van der Waals surface area contributed by atoms with Gasteiger partial charge in [0.25, 0.3) is 0 Å². The van der Waals surface area contributed by atoms with Crippen LogP contribution >= 0.6 is 12.4 Å². The van der Waals surface area contributed by atoms with Gasteiger partial charge in [0.15, 0.2) is 0 Å². The van der Waals surface area contributed by atoms with Gasteiger partial charge in [0.2, 0.25) is 0 Å². The Morgan fingerprint density at radius 2 is 1.75 bits per heavy atom. The van der Waals surface area contributed by atoms with E-state index in [4.69, 9.17) is 4.74 Å². The second kappa shape index (κ2) is 8.67. The molecule has 0 bridgehead atoms. The molecule has 3 rings (SSSR count). The predicted octanol–water partition coefficient (Wildman–Crippen LogP) is 3.95. The topological polar surface area (TPSA) is 38.3 Å². The third-order valence-corrected chi connectivity index (χ3v) is 4.23. The largest absolute Gasteiger partial charge is 0.468 e. The van der Waals surface area contributed by atoms with E-state index in [9.17, 15) is 4.79 Å². The molecule has 1 aliphatic heterocycles. The number of hydrogen-bond donors (Lipinski definition) is 1. The van der Waals surface area contributed by atoms with Gasteiger partial charge in [0, 0.05) is 6.04 Å². The summed E-state index contributed by atoms with van der Waals surface area (Å²) >= 11 is 0. The van der Waals surface area contributed by atoms with Gasteiger partial charge >= 0.3 is 5.97 Å². The van der Waals surface area contributed by atoms with E-state index in [2.05, 4.69) is 41.7 Å². The van der Waals surface area contributed by atoms with Crippen molar-refractivity contribution in [2.45, 2.75) is 18.4 Å². The highest BCUT2D eigenvalue weighted by Gasteiger charge is 2.29. The Morgan fingerprint density at radius 1 is 1.08 bits per heavy atom. The van der Waals surface area contributed by atoms with Crippen LogP contribution in [0.25, 0.3) is 11.1 Å². The van der Waals surface area contributed by atoms with Gasteiger partial charge in [-0.3, -0.25) is 4.79 Å². The normalized spacial score (nSPS) is 17.6. The van der Waals surface area contributed by atoms with E-state index in [0.717, 1.165) is 24.1 Å². The Labute approximate surface area is 149 Å². The zero-order valence-electron chi connectivity index (χ0n) is 13.6. The molecule has 2 atom stereocenters. The molecule has 126 valence electrons. The first kappa shape index (κ1) is 18.2. The maximum absolute atomic E-state index is 12.3. The average Bonchev–Trinajstić information content (AvgIpc) is 2.64. The third kappa shape index (κ3) is 4.05. The summed E-state index contributed by atoms with van der Waals surface area (Å²) < 4.78 is 5.02. The van der Waals surface area contributed by atoms with Crippen molar-refractivity contribution in [2.24, 2.45) is 0 Å². The highest BCUT2D eigenvalue weighted by Crippen LogP contribution is 2.27. The summed E-state index contributed by atoms with van der Waals surface area (Å²) in [6.07, 6.45) is 5.18. The van der Waals surface area contributed by atoms with E-state index >= 15 is 0 Å². The Balaban J connectivity index is 0.00000208. The Bertz CT molecular complexity index is 683. The summed E-state index contributed by atoms with van der Waals surface area (Å²) in [7, 11) is 1.44. The van der Waals surface area contributed by atoms with Gasteiger partial charge in [-0.1, -0.05) is 66.7 Å². The Morgan fingerprint density at radius 3 is 2.33 bits per heavy atom. The smallest absolute Gasteiger partial charge is 0.315 e. The predicted molar refractivity (Wildman–Crippen MR) is 99.4 cm³/mol.